The van der Waals surface area contributed by atoms with Crippen LogP contribution in [0.1, 0.15) is 62.2 Å². The number of sulfonamides is 1. The lowest BCUT2D eigenvalue weighted by molar-refractivity contribution is 0.0953. The second-order valence-corrected chi connectivity index (χ2v) is 8.24. The largest absolute Gasteiger partial charge is 0.352 e. The molecule has 0 radical (unpaired) electrons. The molecule has 5 nitrogen and oxygen atoms in total. The van der Waals surface area contributed by atoms with Crippen LogP contribution in [0.5, 0.6) is 0 Å². The molecule has 1 saturated heterocycles. The van der Waals surface area contributed by atoms with Crippen molar-refractivity contribution < 1.29 is 13.2 Å². The van der Waals surface area contributed by atoms with Gasteiger partial charge < -0.3 is 5.32 Å². The Morgan fingerprint density at radius 3 is 2.33 bits per heavy atom. The Morgan fingerprint density at radius 2 is 1.71 bits per heavy atom. The van der Waals surface area contributed by atoms with Crippen molar-refractivity contribution in [3.05, 3.63) is 29.8 Å². The molecular formula is C18H28N2O3S. The second kappa shape index (κ2) is 9.18. The van der Waals surface area contributed by atoms with Crippen molar-refractivity contribution in [2.75, 3.05) is 19.6 Å². The zero-order valence-corrected chi connectivity index (χ0v) is 15.3. The Labute approximate surface area is 145 Å². The van der Waals surface area contributed by atoms with E-state index in [1.807, 2.05) is 0 Å². The highest BCUT2D eigenvalue weighted by Crippen LogP contribution is 2.20. The summed E-state index contributed by atoms with van der Waals surface area (Å²) in [5.74, 6) is -0.145. The molecule has 1 aromatic rings. The van der Waals surface area contributed by atoms with E-state index in [0.717, 1.165) is 32.1 Å². The first-order valence-corrected chi connectivity index (χ1v) is 10.4. The molecule has 24 heavy (non-hydrogen) atoms. The summed E-state index contributed by atoms with van der Waals surface area (Å²) in [5.41, 5.74) is 0.503. The van der Waals surface area contributed by atoms with Crippen LogP contribution in [0, 0.1) is 0 Å². The van der Waals surface area contributed by atoms with E-state index in [2.05, 4.69) is 12.2 Å². The molecule has 134 valence electrons. The van der Waals surface area contributed by atoms with Gasteiger partial charge in [-0.05, 0) is 43.5 Å². The molecule has 0 atom stereocenters. The normalized spacial score (nSPS) is 16.0. The van der Waals surface area contributed by atoms with E-state index in [4.69, 9.17) is 0 Å². The van der Waals surface area contributed by atoms with E-state index < -0.39 is 10.0 Å². The van der Waals surface area contributed by atoms with Crippen molar-refractivity contribution in [1.29, 1.82) is 0 Å². The smallest absolute Gasteiger partial charge is 0.251 e. The van der Waals surface area contributed by atoms with Gasteiger partial charge in [0.15, 0.2) is 0 Å². The van der Waals surface area contributed by atoms with Crippen LogP contribution in [0.4, 0.5) is 0 Å². The fraction of sp³-hybridized carbons (Fsp3) is 0.611. The standard InChI is InChI=1S/C18H28N2O3S/c1-2-3-4-6-13-19-18(21)16-9-11-17(12-10-16)24(22,23)20-14-7-5-8-15-20/h9-12H,2-8,13-15H2,1H3,(H,19,21). The van der Waals surface area contributed by atoms with Crippen molar-refractivity contribution in [1.82, 2.24) is 9.62 Å². The molecule has 1 heterocycles. The molecule has 1 fully saturated rings. The summed E-state index contributed by atoms with van der Waals surface area (Å²) in [5, 5.41) is 2.88. The molecule has 0 bridgehead atoms. The highest BCUT2D eigenvalue weighted by Gasteiger charge is 2.25. The molecule has 6 heteroatoms. The van der Waals surface area contributed by atoms with Gasteiger partial charge in [0.1, 0.15) is 0 Å². The monoisotopic (exact) mass is 352 g/mol. The summed E-state index contributed by atoms with van der Waals surface area (Å²) in [6, 6.07) is 6.27. The minimum Gasteiger partial charge on any atom is -0.352 e. The van der Waals surface area contributed by atoms with Crippen LogP contribution in [0.3, 0.4) is 0 Å². The zero-order chi connectivity index (χ0) is 17.4. The minimum atomic E-state index is -3.43. The van der Waals surface area contributed by atoms with Crippen molar-refractivity contribution in [2.24, 2.45) is 0 Å². The fourth-order valence-corrected chi connectivity index (χ4v) is 4.41. The van der Waals surface area contributed by atoms with Gasteiger partial charge >= 0.3 is 0 Å². The van der Waals surface area contributed by atoms with Gasteiger partial charge in [0.05, 0.1) is 4.90 Å². The summed E-state index contributed by atoms with van der Waals surface area (Å²) in [6.07, 6.45) is 7.35. The van der Waals surface area contributed by atoms with Gasteiger partial charge in [-0.15, -0.1) is 0 Å². The Bertz CT molecular complexity index is 620. The van der Waals surface area contributed by atoms with Gasteiger partial charge in [0.2, 0.25) is 10.0 Å². The number of piperidine rings is 1. The van der Waals surface area contributed by atoms with Crippen LogP contribution < -0.4 is 5.32 Å². The number of benzene rings is 1. The van der Waals surface area contributed by atoms with Crippen molar-refractivity contribution in [2.45, 2.75) is 56.8 Å². The van der Waals surface area contributed by atoms with Crippen molar-refractivity contribution in [3.8, 4) is 0 Å². The van der Waals surface area contributed by atoms with E-state index in [9.17, 15) is 13.2 Å². The summed E-state index contributed by atoms with van der Waals surface area (Å²) >= 11 is 0. The molecule has 1 aromatic carbocycles. The molecule has 1 N–H and O–H groups in total. The van der Waals surface area contributed by atoms with E-state index in [1.54, 1.807) is 16.4 Å². The average molecular weight is 353 g/mol. The van der Waals surface area contributed by atoms with Crippen molar-refractivity contribution in [3.63, 3.8) is 0 Å². The van der Waals surface area contributed by atoms with E-state index in [1.165, 1.54) is 25.0 Å². The lowest BCUT2D eigenvalue weighted by Crippen LogP contribution is -2.35. The van der Waals surface area contributed by atoms with Gasteiger partial charge in [0.25, 0.3) is 5.91 Å². The molecule has 0 unspecified atom stereocenters. The van der Waals surface area contributed by atoms with Crippen LogP contribution >= 0.6 is 0 Å². The van der Waals surface area contributed by atoms with Gasteiger partial charge in [-0.3, -0.25) is 4.79 Å². The summed E-state index contributed by atoms with van der Waals surface area (Å²) in [6.45, 7) is 3.98. The van der Waals surface area contributed by atoms with Gasteiger partial charge in [-0.1, -0.05) is 32.6 Å². The number of rotatable bonds is 8. The maximum absolute atomic E-state index is 12.6. The van der Waals surface area contributed by atoms with Crippen LogP contribution in [-0.2, 0) is 10.0 Å². The summed E-state index contributed by atoms with van der Waals surface area (Å²) in [4.78, 5) is 12.3. The summed E-state index contributed by atoms with van der Waals surface area (Å²) < 4.78 is 26.7. The van der Waals surface area contributed by atoms with Gasteiger partial charge in [-0.2, -0.15) is 4.31 Å². The average Bonchev–Trinajstić information content (AvgIpc) is 2.62. The predicted molar refractivity (Wildman–Crippen MR) is 95.5 cm³/mol. The maximum atomic E-state index is 12.6. The molecule has 1 aliphatic rings. The Balaban J connectivity index is 1.93. The molecular weight excluding hydrogens is 324 g/mol. The third-order valence-electron chi connectivity index (χ3n) is 4.39. The molecule has 0 spiro atoms. The predicted octanol–water partition coefficient (Wildman–Crippen LogP) is 3.17. The van der Waals surface area contributed by atoms with Crippen LogP contribution in [0.2, 0.25) is 0 Å². The number of hydrogen-bond donors (Lipinski definition) is 1. The number of unbranched alkanes of at least 4 members (excludes halogenated alkanes) is 3. The first-order chi connectivity index (χ1) is 11.6. The first kappa shape index (κ1) is 18.9. The van der Waals surface area contributed by atoms with E-state index in [-0.39, 0.29) is 10.8 Å². The molecule has 1 aliphatic heterocycles. The lowest BCUT2D eigenvalue weighted by atomic mass is 10.2. The minimum absolute atomic E-state index is 0.145. The quantitative estimate of drug-likeness (QED) is 0.731. The lowest BCUT2D eigenvalue weighted by Gasteiger charge is -2.25. The SMILES string of the molecule is CCCCCCNC(=O)c1ccc(S(=O)(=O)N2CCCCC2)cc1. The number of nitrogens with zero attached hydrogens (tertiary/aromatic N) is 1. The van der Waals surface area contributed by atoms with E-state index >= 15 is 0 Å². The Morgan fingerprint density at radius 1 is 1.04 bits per heavy atom. The highest BCUT2D eigenvalue weighted by atomic mass is 32.2. The Kier molecular flexibility index (Phi) is 7.24. The number of nitrogens with one attached hydrogen (secondary N) is 1. The topological polar surface area (TPSA) is 66.5 Å². The van der Waals surface area contributed by atoms with Crippen LogP contribution in [-0.4, -0.2) is 38.3 Å². The molecule has 0 aromatic heterocycles. The number of amides is 1. The van der Waals surface area contributed by atoms with Gasteiger partial charge in [-0.25, -0.2) is 8.42 Å². The third-order valence-corrected chi connectivity index (χ3v) is 6.30. The Hall–Kier alpha value is -1.40. The third kappa shape index (κ3) is 5.05. The fourth-order valence-electron chi connectivity index (χ4n) is 2.89. The highest BCUT2D eigenvalue weighted by molar-refractivity contribution is 7.89. The first-order valence-electron chi connectivity index (χ1n) is 8.94. The molecule has 2 rings (SSSR count). The summed E-state index contributed by atoms with van der Waals surface area (Å²) in [7, 11) is -3.43. The van der Waals surface area contributed by atoms with E-state index in [0.29, 0.717) is 25.2 Å². The van der Waals surface area contributed by atoms with Crippen molar-refractivity contribution >= 4 is 15.9 Å². The zero-order valence-electron chi connectivity index (χ0n) is 14.5. The maximum Gasteiger partial charge on any atom is 0.251 e. The van der Waals surface area contributed by atoms with Crippen LogP contribution in [0.15, 0.2) is 29.2 Å². The van der Waals surface area contributed by atoms with Gasteiger partial charge in [0, 0.05) is 25.2 Å². The molecule has 0 aliphatic carbocycles. The van der Waals surface area contributed by atoms with Crippen LogP contribution in [0.25, 0.3) is 0 Å². The molecule has 1 amide bonds. The number of hydrogen-bond acceptors (Lipinski definition) is 3. The second-order valence-electron chi connectivity index (χ2n) is 6.31. The number of carbonyl (C=O) groups is 1. The number of carbonyl (C=O) groups excluding carboxylic acids is 1. The molecule has 0 saturated carbocycles.